The van der Waals surface area contributed by atoms with Crippen molar-refractivity contribution in [2.75, 3.05) is 6.54 Å². The van der Waals surface area contributed by atoms with E-state index in [4.69, 9.17) is 0 Å². The molecule has 1 atom stereocenters. The van der Waals surface area contributed by atoms with Crippen LogP contribution in [0.25, 0.3) is 10.8 Å². The van der Waals surface area contributed by atoms with Gasteiger partial charge in [0.05, 0.1) is 11.7 Å². The van der Waals surface area contributed by atoms with Crippen molar-refractivity contribution in [3.63, 3.8) is 0 Å². The molecule has 1 heterocycles. The highest BCUT2D eigenvalue weighted by Gasteiger charge is 2.13. The van der Waals surface area contributed by atoms with E-state index in [1.165, 1.54) is 22.9 Å². The van der Waals surface area contributed by atoms with Crippen LogP contribution >= 0.6 is 0 Å². The molecule has 2 nitrogen and oxygen atoms in total. The summed E-state index contributed by atoms with van der Waals surface area (Å²) in [6.07, 6.45) is 4.22. The molecule has 90 valence electrons. The van der Waals surface area contributed by atoms with Crippen molar-refractivity contribution < 1.29 is 0 Å². The van der Waals surface area contributed by atoms with Crippen LogP contribution in [-0.4, -0.2) is 11.5 Å². The highest BCUT2D eigenvalue weighted by atomic mass is 14.9. The highest BCUT2D eigenvalue weighted by molar-refractivity contribution is 5.84. The zero-order chi connectivity index (χ0) is 12.1. The van der Waals surface area contributed by atoms with Gasteiger partial charge in [0.2, 0.25) is 0 Å². The first kappa shape index (κ1) is 12.1. The molecule has 1 aromatic carbocycles. The Hall–Kier alpha value is -1.41. The number of hydrogen-bond acceptors (Lipinski definition) is 2. The van der Waals surface area contributed by atoms with Gasteiger partial charge >= 0.3 is 0 Å². The summed E-state index contributed by atoms with van der Waals surface area (Å²) >= 11 is 0. The summed E-state index contributed by atoms with van der Waals surface area (Å²) in [5.74, 6) is 0. The molecule has 0 bridgehead atoms. The molecule has 0 amide bonds. The van der Waals surface area contributed by atoms with Crippen molar-refractivity contribution in [2.45, 2.75) is 32.7 Å². The Morgan fingerprint density at radius 1 is 1.18 bits per heavy atom. The Labute approximate surface area is 103 Å². The average Bonchev–Trinajstić information content (AvgIpc) is 2.38. The molecular formula is C15H20N2. The lowest BCUT2D eigenvalue weighted by atomic mass is 10.0. The summed E-state index contributed by atoms with van der Waals surface area (Å²) < 4.78 is 0. The number of nitrogens with one attached hydrogen (secondary N) is 1. The number of hydrogen-bond donors (Lipinski definition) is 1. The van der Waals surface area contributed by atoms with Crippen molar-refractivity contribution in [1.29, 1.82) is 0 Å². The second kappa shape index (κ2) is 5.78. The number of fused-ring (bicyclic) bond motifs is 1. The molecule has 0 saturated carbocycles. The van der Waals surface area contributed by atoms with Gasteiger partial charge < -0.3 is 5.32 Å². The van der Waals surface area contributed by atoms with Gasteiger partial charge in [-0.3, -0.25) is 4.98 Å². The van der Waals surface area contributed by atoms with Crippen molar-refractivity contribution in [3.8, 4) is 0 Å². The normalized spacial score (nSPS) is 12.8. The summed E-state index contributed by atoms with van der Waals surface area (Å²) in [4.78, 5) is 4.58. The summed E-state index contributed by atoms with van der Waals surface area (Å²) in [6, 6.07) is 10.9. The molecular weight excluding hydrogens is 208 g/mol. The molecule has 1 aromatic heterocycles. The van der Waals surface area contributed by atoms with Crippen LogP contribution < -0.4 is 5.32 Å². The minimum absolute atomic E-state index is 0.371. The van der Waals surface area contributed by atoms with Crippen LogP contribution in [-0.2, 0) is 0 Å². The molecule has 0 fully saturated rings. The summed E-state index contributed by atoms with van der Waals surface area (Å²) in [5, 5.41) is 6.08. The van der Waals surface area contributed by atoms with Crippen LogP contribution in [0.2, 0.25) is 0 Å². The van der Waals surface area contributed by atoms with Gasteiger partial charge in [-0.05, 0) is 24.4 Å². The Morgan fingerprint density at radius 2 is 2.00 bits per heavy atom. The summed E-state index contributed by atoms with van der Waals surface area (Å²) in [7, 11) is 0. The fourth-order valence-corrected chi connectivity index (χ4v) is 2.29. The number of pyridine rings is 1. The van der Waals surface area contributed by atoms with Gasteiger partial charge in [0, 0.05) is 11.6 Å². The second-order valence-electron chi connectivity index (χ2n) is 4.32. The lowest BCUT2D eigenvalue weighted by molar-refractivity contribution is 0.502. The Balaban J connectivity index is 2.44. The van der Waals surface area contributed by atoms with Crippen LogP contribution in [0.3, 0.4) is 0 Å². The lowest BCUT2D eigenvalue weighted by Gasteiger charge is -2.18. The van der Waals surface area contributed by atoms with E-state index >= 15 is 0 Å². The third-order valence-corrected chi connectivity index (χ3v) is 3.06. The fourth-order valence-electron chi connectivity index (χ4n) is 2.29. The van der Waals surface area contributed by atoms with Crippen LogP contribution in [0.15, 0.2) is 36.5 Å². The first-order valence-electron chi connectivity index (χ1n) is 6.43. The molecule has 1 N–H and O–H groups in total. The van der Waals surface area contributed by atoms with E-state index in [-0.39, 0.29) is 0 Å². The molecule has 2 heteroatoms. The smallest absolute Gasteiger partial charge is 0.0651 e. The van der Waals surface area contributed by atoms with Crippen LogP contribution in [0.5, 0.6) is 0 Å². The lowest BCUT2D eigenvalue weighted by Crippen LogP contribution is -2.21. The third kappa shape index (κ3) is 2.64. The second-order valence-corrected chi connectivity index (χ2v) is 4.32. The van der Waals surface area contributed by atoms with E-state index in [1.807, 2.05) is 6.20 Å². The van der Waals surface area contributed by atoms with E-state index in [0.717, 1.165) is 13.0 Å². The maximum absolute atomic E-state index is 4.58. The molecule has 1 unspecified atom stereocenters. The van der Waals surface area contributed by atoms with Crippen LogP contribution in [0, 0.1) is 0 Å². The number of aromatic nitrogens is 1. The molecule has 2 aromatic rings. The molecule has 0 radical (unpaired) electrons. The first-order chi connectivity index (χ1) is 8.36. The van der Waals surface area contributed by atoms with Crippen molar-refractivity contribution in [1.82, 2.24) is 10.3 Å². The molecule has 17 heavy (non-hydrogen) atoms. The van der Waals surface area contributed by atoms with Gasteiger partial charge in [0.15, 0.2) is 0 Å². The van der Waals surface area contributed by atoms with Gasteiger partial charge in [-0.25, -0.2) is 0 Å². The average molecular weight is 228 g/mol. The van der Waals surface area contributed by atoms with Gasteiger partial charge in [-0.15, -0.1) is 0 Å². The van der Waals surface area contributed by atoms with Crippen molar-refractivity contribution in [2.24, 2.45) is 0 Å². The molecule has 0 saturated heterocycles. The molecule has 0 aliphatic rings. The van der Waals surface area contributed by atoms with E-state index in [0.29, 0.717) is 6.04 Å². The Bertz CT molecular complexity index is 468. The molecule has 0 aliphatic carbocycles. The maximum atomic E-state index is 4.58. The van der Waals surface area contributed by atoms with Gasteiger partial charge in [-0.1, -0.05) is 44.5 Å². The zero-order valence-corrected chi connectivity index (χ0v) is 10.6. The molecule has 2 rings (SSSR count). The number of nitrogens with zero attached hydrogens (tertiary/aromatic N) is 1. The summed E-state index contributed by atoms with van der Waals surface area (Å²) in [5.41, 5.74) is 1.19. The van der Waals surface area contributed by atoms with Crippen LogP contribution in [0.1, 0.15) is 38.4 Å². The minimum Gasteiger partial charge on any atom is -0.309 e. The maximum Gasteiger partial charge on any atom is 0.0651 e. The number of benzene rings is 1. The van der Waals surface area contributed by atoms with Crippen molar-refractivity contribution in [3.05, 3.63) is 42.2 Å². The van der Waals surface area contributed by atoms with Gasteiger partial charge in [-0.2, -0.15) is 0 Å². The predicted molar refractivity (Wildman–Crippen MR) is 73.1 cm³/mol. The van der Waals surface area contributed by atoms with E-state index in [2.05, 4.69) is 54.5 Å². The van der Waals surface area contributed by atoms with E-state index in [9.17, 15) is 0 Å². The summed E-state index contributed by atoms with van der Waals surface area (Å²) in [6.45, 7) is 5.35. The largest absolute Gasteiger partial charge is 0.309 e. The topological polar surface area (TPSA) is 24.9 Å². The fraction of sp³-hybridized carbons (Fsp3) is 0.400. The standard InChI is InChI=1S/C15H20N2/c1-3-7-14(16-4-2)15-13-9-6-5-8-12(13)10-11-17-15/h5-6,8-11,14,16H,3-4,7H2,1-2H3. The zero-order valence-electron chi connectivity index (χ0n) is 10.6. The molecule has 0 aliphatic heterocycles. The monoisotopic (exact) mass is 228 g/mol. The minimum atomic E-state index is 0.371. The van der Waals surface area contributed by atoms with Gasteiger partial charge in [0.25, 0.3) is 0 Å². The van der Waals surface area contributed by atoms with Crippen molar-refractivity contribution >= 4 is 10.8 Å². The Kier molecular flexibility index (Phi) is 4.10. The molecule has 0 spiro atoms. The highest BCUT2D eigenvalue weighted by Crippen LogP contribution is 2.24. The van der Waals surface area contributed by atoms with Gasteiger partial charge in [0.1, 0.15) is 0 Å². The number of rotatable bonds is 5. The third-order valence-electron chi connectivity index (χ3n) is 3.06. The van der Waals surface area contributed by atoms with Crippen LogP contribution in [0.4, 0.5) is 0 Å². The quantitative estimate of drug-likeness (QED) is 0.844. The predicted octanol–water partition coefficient (Wildman–Crippen LogP) is 3.69. The SMILES string of the molecule is CCCC(NCC)c1nccc2ccccc12. The van der Waals surface area contributed by atoms with E-state index < -0.39 is 0 Å². The first-order valence-corrected chi connectivity index (χ1v) is 6.43. The Morgan fingerprint density at radius 3 is 2.76 bits per heavy atom. The van der Waals surface area contributed by atoms with E-state index in [1.54, 1.807) is 0 Å².